The highest BCUT2D eigenvalue weighted by molar-refractivity contribution is 5.95. The first-order chi connectivity index (χ1) is 10.6. The minimum absolute atomic E-state index is 0.00383. The number of nitrogens with zero attached hydrogens (tertiary/aromatic N) is 2. The van der Waals surface area contributed by atoms with Crippen LogP contribution >= 0.6 is 0 Å². The van der Waals surface area contributed by atoms with Crippen LogP contribution in [0.3, 0.4) is 0 Å². The number of benzene rings is 1. The highest BCUT2D eigenvalue weighted by Gasteiger charge is 2.36. The van der Waals surface area contributed by atoms with Gasteiger partial charge in [0.05, 0.1) is 4.92 Å². The Morgan fingerprint density at radius 3 is 2.57 bits per heavy atom. The number of nitro groups is 1. The van der Waals surface area contributed by atoms with Crippen LogP contribution < -0.4 is 5.73 Å². The topological polar surface area (TPSA) is 89.5 Å². The molecule has 1 fully saturated rings. The van der Waals surface area contributed by atoms with E-state index in [1.807, 2.05) is 20.8 Å². The van der Waals surface area contributed by atoms with E-state index in [-0.39, 0.29) is 22.4 Å². The lowest BCUT2D eigenvalue weighted by molar-refractivity contribution is -0.386. The lowest BCUT2D eigenvalue weighted by Crippen LogP contribution is -2.34. The van der Waals surface area contributed by atoms with Gasteiger partial charge in [-0.3, -0.25) is 14.9 Å². The Labute approximate surface area is 136 Å². The van der Waals surface area contributed by atoms with Crippen LogP contribution in [0.15, 0.2) is 18.2 Å². The van der Waals surface area contributed by atoms with Crippen molar-refractivity contribution in [2.24, 2.45) is 11.1 Å². The van der Waals surface area contributed by atoms with E-state index in [0.29, 0.717) is 30.8 Å². The van der Waals surface area contributed by atoms with Crippen molar-refractivity contribution in [1.82, 2.24) is 4.90 Å². The molecule has 0 spiro atoms. The van der Waals surface area contributed by atoms with Crippen molar-refractivity contribution in [2.75, 3.05) is 19.6 Å². The number of nitrogens with two attached hydrogens (primary N) is 1. The summed E-state index contributed by atoms with van der Waals surface area (Å²) < 4.78 is 0. The van der Waals surface area contributed by atoms with Gasteiger partial charge in [-0.05, 0) is 29.9 Å². The number of carbonyl (C=O) groups is 1. The predicted octanol–water partition coefficient (Wildman–Crippen LogP) is 2.70. The molecule has 0 radical (unpaired) electrons. The monoisotopic (exact) mass is 319 g/mol. The van der Waals surface area contributed by atoms with Gasteiger partial charge in [-0.15, -0.1) is 0 Å². The average Bonchev–Trinajstić information content (AvgIpc) is 2.88. The van der Waals surface area contributed by atoms with Gasteiger partial charge in [-0.1, -0.05) is 33.8 Å². The van der Waals surface area contributed by atoms with Crippen LogP contribution in [0.25, 0.3) is 0 Å². The zero-order valence-corrected chi connectivity index (χ0v) is 14.3. The summed E-state index contributed by atoms with van der Waals surface area (Å²) in [6, 6.07) is 4.79. The van der Waals surface area contributed by atoms with E-state index in [4.69, 9.17) is 5.73 Å². The SMILES string of the molecule is CC1(CN)CCN(C(=O)c2ccc(C(C)(C)C)c([N+](=O)[O-])c2)C1. The number of carbonyl (C=O) groups excluding carboxylic acids is 1. The third-order valence-electron chi connectivity index (χ3n) is 4.59. The van der Waals surface area contributed by atoms with Crippen molar-refractivity contribution < 1.29 is 9.72 Å². The maximum atomic E-state index is 12.6. The van der Waals surface area contributed by atoms with Crippen LogP contribution in [0.4, 0.5) is 5.69 Å². The molecule has 23 heavy (non-hydrogen) atoms. The molecule has 1 aromatic rings. The Morgan fingerprint density at radius 1 is 1.43 bits per heavy atom. The first-order valence-corrected chi connectivity index (χ1v) is 7.86. The first kappa shape index (κ1) is 17.4. The molecule has 1 saturated heterocycles. The highest BCUT2D eigenvalue weighted by atomic mass is 16.6. The molecule has 1 atom stereocenters. The second kappa shape index (κ2) is 5.92. The fourth-order valence-electron chi connectivity index (χ4n) is 3.00. The molecule has 0 aliphatic carbocycles. The van der Waals surface area contributed by atoms with E-state index in [1.165, 1.54) is 6.07 Å². The molecule has 1 aliphatic rings. The lowest BCUT2D eigenvalue weighted by Gasteiger charge is -2.23. The molecule has 2 rings (SSSR count). The van der Waals surface area contributed by atoms with Crippen LogP contribution in [0, 0.1) is 15.5 Å². The van der Waals surface area contributed by atoms with Crippen LogP contribution in [0.5, 0.6) is 0 Å². The van der Waals surface area contributed by atoms with Crippen molar-refractivity contribution in [2.45, 2.75) is 39.5 Å². The van der Waals surface area contributed by atoms with Crippen LogP contribution in [-0.2, 0) is 5.41 Å². The Hall–Kier alpha value is -1.95. The van der Waals surface area contributed by atoms with E-state index in [1.54, 1.807) is 17.0 Å². The molecule has 1 amide bonds. The third kappa shape index (κ3) is 3.52. The zero-order chi connectivity index (χ0) is 17.4. The molecule has 0 aromatic heterocycles. The second-order valence-electron chi connectivity index (χ2n) is 7.73. The molecular weight excluding hydrogens is 294 g/mol. The summed E-state index contributed by atoms with van der Waals surface area (Å²) in [6.07, 6.45) is 0.859. The molecule has 1 aromatic carbocycles. The summed E-state index contributed by atoms with van der Waals surface area (Å²) in [6.45, 7) is 9.59. The van der Waals surface area contributed by atoms with Crippen molar-refractivity contribution in [3.8, 4) is 0 Å². The van der Waals surface area contributed by atoms with Crippen molar-refractivity contribution in [1.29, 1.82) is 0 Å². The average molecular weight is 319 g/mol. The van der Waals surface area contributed by atoms with Crippen LogP contribution in [-0.4, -0.2) is 35.4 Å². The predicted molar refractivity (Wildman–Crippen MR) is 89.5 cm³/mol. The Balaban J connectivity index is 2.33. The summed E-state index contributed by atoms with van der Waals surface area (Å²) >= 11 is 0. The van der Waals surface area contributed by atoms with Gasteiger partial charge in [-0.2, -0.15) is 0 Å². The summed E-state index contributed by atoms with van der Waals surface area (Å²) in [5.74, 6) is -0.161. The van der Waals surface area contributed by atoms with Gasteiger partial charge in [-0.25, -0.2) is 0 Å². The number of hydrogen-bond acceptors (Lipinski definition) is 4. The molecule has 0 bridgehead atoms. The van der Waals surface area contributed by atoms with Crippen molar-refractivity contribution >= 4 is 11.6 Å². The van der Waals surface area contributed by atoms with Gasteiger partial charge in [0, 0.05) is 30.3 Å². The molecule has 0 saturated carbocycles. The zero-order valence-electron chi connectivity index (χ0n) is 14.3. The molecule has 2 N–H and O–H groups in total. The second-order valence-corrected chi connectivity index (χ2v) is 7.73. The van der Waals surface area contributed by atoms with Gasteiger partial charge in [0.15, 0.2) is 0 Å². The summed E-state index contributed by atoms with van der Waals surface area (Å²) in [5, 5.41) is 11.4. The quantitative estimate of drug-likeness (QED) is 0.685. The molecular formula is C17H25N3O3. The number of nitro benzene ring substituents is 1. The Morgan fingerprint density at radius 2 is 2.09 bits per heavy atom. The minimum atomic E-state index is -0.411. The van der Waals surface area contributed by atoms with Gasteiger partial charge in [0.2, 0.25) is 0 Å². The smallest absolute Gasteiger partial charge is 0.273 e. The number of rotatable bonds is 3. The number of likely N-dealkylation sites (tertiary alicyclic amines) is 1. The third-order valence-corrected chi connectivity index (χ3v) is 4.59. The Bertz CT molecular complexity index is 636. The van der Waals surface area contributed by atoms with E-state index >= 15 is 0 Å². The molecule has 6 heteroatoms. The van der Waals surface area contributed by atoms with E-state index < -0.39 is 4.92 Å². The van der Waals surface area contributed by atoms with E-state index in [2.05, 4.69) is 6.92 Å². The van der Waals surface area contributed by atoms with Gasteiger partial charge < -0.3 is 10.6 Å². The van der Waals surface area contributed by atoms with Crippen LogP contribution in [0.1, 0.15) is 50.0 Å². The standard InChI is InChI=1S/C17H25N3O3/c1-16(2,3)13-6-5-12(9-14(13)20(22)23)15(21)19-8-7-17(4,10-18)11-19/h5-6,9H,7-8,10-11,18H2,1-4H3. The van der Waals surface area contributed by atoms with Gasteiger partial charge >= 0.3 is 0 Å². The Kier molecular flexibility index (Phi) is 4.48. The number of amides is 1. The lowest BCUT2D eigenvalue weighted by atomic mass is 9.85. The first-order valence-electron chi connectivity index (χ1n) is 7.86. The fraction of sp³-hybridized carbons (Fsp3) is 0.588. The summed E-state index contributed by atoms with van der Waals surface area (Å²) in [7, 11) is 0. The molecule has 1 aliphatic heterocycles. The van der Waals surface area contributed by atoms with Crippen molar-refractivity contribution in [3.05, 3.63) is 39.4 Å². The molecule has 1 unspecified atom stereocenters. The minimum Gasteiger partial charge on any atom is -0.338 e. The normalized spacial score (nSPS) is 21.5. The molecule has 126 valence electrons. The number of hydrogen-bond donors (Lipinski definition) is 1. The van der Waals surface area contributed by atoms with Crippen molar-refractivity contribution in [3.63, 3.8) is 0 Å². The van der Waals surface area contributed by atoms with Gasteiger partial charge in [0.1, 0.15) is 0 Å². The summed E-state index contributed by atoms with van der Waals surface area (Å²) in [5.41, 5.74) is 6.36. The highest BCUT2D eigenvalue weighted by Crippen LogP contribution is 2.33. The maximum absolute atomic E-state index is 12.6. The molecule has 1 heterocycles. The fourth-order valence-corrected chi connectivity index (χ4v) is 3.00. The van der Waals surface area contributed by atoms with Gasteiger partial charge in [0.25, 0.3) is 11.6 Å². The largest absolute Gasteiger partial charge is 0.338 e. The van der Waals surface area contributed by atoms with E-state index in [9.17, 15) is 14.9 Å². The van der Waals surface area contributed by atoms with E-state index in [0.717, 1.165) is 6.42 Å². The van der Waals surface area contributed by atoms with Crippen LogP contribution in [0.2, 0.25) is 0 Å². The summed E-state index contributed by atoms with van der Waals surface area (Å²) in [4.78, 5) is 25.4. The maximum Gasteiger partial charge on any atom is 0.273 e. The molecule has 6 nitrogen and oxygen atoms in total.